The van der Waals surface area contributed by atoms with E-state index in [2.05, 4.69) is 15.2 Å². The van der Waals surface area contributed by atoms with Crippen LogP contribution in [0.25, 0.3) is 11.4 Å². The molecule has 2 aromatic carbocycles. The molecule has 0 spiro atoms. The topological polar surface area (TPSA) is 75.2 Å². The van der Waals surface area contributed by atoms with Gasteiger partial charge in [-0.3, -0.25) is 9.59 Å². The second-order valence-corrected chi connectivity index (χ2v) is 7.08. The van der Waals surface area contributed by atoms with Crippen LogP contribution in [0.3, 0.4) is 0 Å². The monoisotopic (exact) mass is 386 g/mol. The molecule has 0 unspecified atom stereocenters. The molecule has 0 radical (unpaired) electrons. The van der Waals surface area contributed by atoms with Crippen LogP contribution >= 0.6 is 0 Å². The fraction of sp³-hybridized carbons (Fsp3) is 0.217. The van der Waals surface area contributed by atoms with Crippen molar-refractivity contribution in [3.8, 4) is 11.4 Å². The van der Waals surface area contributed by atoms with Gasteiger partial charge in [-0.1, -0.05) is 30.3 Å². The molecule has 4 rings (SSSR count). The summed E-state index contributed by atoms with van der Waals surface area (Å²) in [4.78, 5) is 35.7. The third kappa shape index (κ3) is 4.32. The molecular formula is C23H22N4O2. The third-order valence-electron chi connectivity index (χ3n) is 4.96. The molecule has 1 aliphatic rings. The predicted molar refractivity (Wildman–Crippen MR) is 113 cm³/mol. The normalized spacial score (nSPS) is 13.3. The molecule has 0 saturated carbocycles. The highest BCUT2D eigenvalue weighted by atomic mass is 16.2. The van der Waals surface area contributed by atoms with E-state index in [1.165, 1.54) is 6.92 Å². The van der Waals surface area contributed by atoms with E-state index < -0.39 is 0 Å². The van der Waals surface area contributed by atoms with Gasteiger partial charge < -0.3 is 10.2 Å². The van der Waals surface area contributed by atoms with Crippen LogP contribution in [-0.2, 0) is 0 Å². The number of carbonyl (C=O) groups excluding carboxylic acids is 2. The van der Waals surface area contributed by atoms with Crippen molar-refractivity contribution in [3.05, 3.63) is 71.9 Å². The Balaban J connectivity index is 1.65. The first-order chi connectivity index (χ1) is 14.1. The number of hydrogen-bond acceptors (Lipinski definition) is 5. The first-order valence-electron chi connectivity index (χ1n) is 9.72. The number of amides is 1. The molecule has 1 saturated heterocycles. The zero-order valence-electron chi connectivity index (χ0n) is 16.3. The molecule has 146 valence electrons. The van der Waals surface area contributed by atoms with Crippen LogP contribution in [0.15, 0.2) is 60.7 Å². The van der Waals surface area contributed by atoms with Crippen LogP contribution in [0.1, 0.15) is 40.6 Å². The van der Waals surface area contributed by atoms with E-state index >= 15 is 0 Å². The average Bonchev–Trinajstić information content (AvgIpc) is 3.29. The lowest BCUT2D eigenvalue weighted by Crippen LogP contribution is -2.22. The summed E-state index contributed by atoms with van der Waals surface area (Å²) in [6, 6.07) is 18.2. The van der Waals surface area contributed by atoms with Crippen LogP contribution in [0.2, 0.25) is 0 Å². The van der Waals surface area contributed by atoms with Gasteiger partial charge in [0.25, 0.3) is 5.91 Å². The van der Waals surface area contributed by atoms with E-state index in [0.717, 1.165) is 37.3 Å². The summed E-state index contributed by atoms with van der Waals surface area (Å²) in [5, 5.41) is 2.86. The molecule has 1 fully saturated rings. The van der Waals surface area contributed by atoms with Crippen molar-refractivity contribution >= 4 is 23.2 Å². The lowest BCUT2D eigenvalue weighted by Gasteiger charge is -2.18. The Kier molecular flexibility index (Phi) is 5.33. The number of benzene rings is 2. The lowest BCUT2D eigenvalue weighted by molar-refractivity contribution is 0.101. The van der Waals surface area contributed by atoms with Gasteiger partial charge in [-0.25, -0.2) is 9.97 Å². The molecule has 29 heavy (non-hydrogen) atoms. The molecule has 0 atom stereocenters. The van der Waals surface area contributed by atoms with Gasteiger partial charge in [-0.05, 0) is 44.0 Å². The minimum absolute atomic E-state index is 0.0126. The van der Waals surface area contributed by atoms with Gasteiger partial charge in [-0.2, -0.15) is 0 Å². The lowest BCUT2D eigenvalue weighted by atomic mass is 10.1. The van der Waals surface area contributed by atoms with E-state index in [1.54, 1.807) is 30.3 Å². The minimum Gasteiger partial charge on any atom is -0.356 e. The molecule has 1 amide bonds. The Morgan fingerprint density at radius 3 is 2.28 bits per heavy atom. The standard InChI is InChI=1S/C23H22N4O2/c1-16(28)17-9-11-19(12-10-17)24-23(29)20-15-21(27-13-5-6-14-27)26-22(25-20)18-7-3-2-4-8-18/h2-4,7-12,15H,5-6,13-14H2,1H3,(H,24,29). The summed E-state index contributed by atoms with van der Waals surface area (Å²) in [6.07, 6.45) is 2.24. The largest absolute Gasteiger partial charge is 0.356 e. The molecule has 2 heterocycles. The van der Waals surface area contributed by atoms with Crippen molar-refractivity contribution in [2.75, 3.05) is 23.3 Å². The van der Waals surface area contributed by atoms with Gasteiger partial charge >= 0.3 is 0 Å². The molecule has 6 nitrogen and oxygen atoms in total. The van der Waals surface area contributed by atoms with E-state index in [4.69, 9.17) is 4.98 Å². The molecule has 6 heteroatoms. The maximum atomic E-state index is 12.9. The van der Waals surface area contributed by atoms with Crippen LogP contribution in [0, 0.1) is 0 Å². The highest BCUT2D eigenvalue weighted by Gasteiger charge is 2.19. The smallest absolute Gasteiger partial charge is 0.274 e. The second-order valence-electron chi connectivity index (χ2n) is 7.08. The van der Waals surface area contributed by atoms with Crippen molar-refractivity contribution in [1.29, 1.82) is 0 Å². The van der Waals surface area contributed by atoms with Crippen molar-refractivity contribution in [2.45, 2.75) is 19.8 Å². The van der Waals surface area contributed by atoms with Crippen LogP contribution in [0.4, 0.5) is 11.5 Å². The summed E-state index contributed by atoms with van der Waals surface area (Å²) in [5.74, 6) is 0.988. The molecule has 0 aliphatic carbocycles. The van der Waals surface area contributed by atoms with Crippen LogP contribution in [0.5, 0.6) is 0 Å². The first kappa shape index (κ1) is 18.8. The number of carbonyl (C=O) groups is 2. The summed E-state index contributed by atoms with van der Waals surface area (Å²) in [6.45, 7) is 3.37. The number of hydrogen-bond donors (Lipinski definition) is 1. The van der Waals surface area contributed by atoms with Gasteiger partial charge in [0.05, 0.1) is 0 Å². The van der Waals surface area contributed by atoms with Gasteiger partial charge in [0.2, 0.25) is 0 Å². The first-order valence-corrected chi connectivity index (χ1v) is 9.72. The molecule has 0 bridgehead atoms. The Hall–Kier alpha value is -3.54. The van der Waals surface area contributed by atoms with Crippen molar-refractivity contribution in [2.24, 2.45) is 0 Å². The number of anilines is 2. The fourth-order valence-corrected chi connectivity index (χ4v) is 3.36. The Morgan fingerprint density at radius 2 is 1.62 bits per heavy atom. The quantitative estimate of drug-likeness (QED) is 0.665. The summed E-state index contributed by atoms with van der Waals surface area (Å²) in [7, 11) is 0. The summed E-state index contributed by atoms with van der Waals surface area (Å²) >= 11 is 0. The Morgan fingerprint density at radius 1 is 0.931 bits per heavy atom. The number of rotatable bonds is 5. The van der Waals surface area contributed by atoms with E-state index in [0.29, 0.717) is 22.8 Å². The molecule has 1 aromatic heterocycles. The van der Waals surface area contributed by atoms with Crippen LogP contribution in [-0.4, -0.2) is 34.7 Å². The van der Waals surface area contributed by atoms with Crippen molar-refractivity contribution < 1.29 is 9.59 Å². The van der Waals surface area contributed by atoms with Crippen LogP contribution < -0.4 is 10.2 Å². The number of nitrogens with one attached hydrogen (secondary N) is 1. The predicted octanol–water partition coefficient (Wildman–Crippen LogP) is 4.20. The molecule has 1 aliphatic heterocycles. The van der Waals surface area contributed by atoms with Gasteiger partial charge in [0, 0.05) is 36.0 Å². The minimum atomic E-state index is -0.305. The number of nitrogens with zero attached hydrogens (tertiary/aromatic N) is 3. The SMILES string of the molecule is CC(=O)c1ccc(NC(=O)c2cc(N3CCCC3)nc(-c3ccccc3)n2)cc1. The highest BCUT2D eigenvalue weighted by Crippen LogP contribution is 2.23. The number of aromatic nitrogens is 2. The third-order valence-corrected chi connectivity index (χ3v) is 4.96. The highest BCUT2D eigenvalue weighted by molar-refractivity contribution is 6.04. The number of Topliss-reactive ketones (excluding diaryl/α,β-unsaturated/α-hetero) is 1. The van der Waals surface area contributed by atoms with Gasteiger partial charge in [-0.15, -0.1) is 0 Å². The zero-order chi connectivity index (χ0) is 20.2. The van der Waals surface area contributed by atoms with E-state index in [1.807, 2.05) is 30.3 Å². The fourth-order valence-electron chi connectivity index (χ4n) is 3.36. The second kappa shape index (κ2) is 8.22. The number of ketones is 1. The van der Waals surface area contributed by atoms with Gasteiger partial charge in [0.1, 0.15) is 11.5 Å². The Labute approximate surface area is 169 Å². The van der Waals surface area contributed by atoms with Crippen molar-refractivity contribution in [3.63, 3.8) is 0 Å². The van der Waals surface area contributed by atoms with Gasteiger partial charge in [0.15, 0.2) is 11.6 Å². The summed E-state index contributed by atoms with van der Waals surface area (Å²) < 4.78 is 0. The maximum absolute atomic E-state index is 12.9. The summed E-state index contributed by atoms with van der Waals surface area (Å²) in [5.41, 5.74) is 2.40. The molecular weight excluding hydrogens is 364 g/mol. The molecule has 3 aromatic rings. The Bertz CT molecular complexity index is 1030. The van der Waals surface area contributed by atoms with E-state index in [-0.39, 0.29) is 11.7 Å². The van der Waals surface area contributed by atoms with Crippen molar-refractivity contribution in [1.82, 2.24) is 9.97 Å². The molecule has 1 N–H and O–H groups in total. The average molecular weight is 386 g/mol. The zero-order valence-corrected chi connectivity index (χ0v) is 16.3. The maximum Gasteiger partial charge on any atom is 0.274 e. The van der Waals surface area contributed by atoms with E-state index in [9.17, 15) is 9.59 Å².